The number of nitriles is 1. The minimum atomic E-state index is -0.148. The van der Waals surface area contributed by atoms with E-state index in [-0.39, 0.29) is 6.04 Å². The summed E-state index contributed by atoms with van der Waals surface area (Å²) in [6.45, 7) is 1.97. The van der Waals surface area contributed by atoms with E-state index in [1.165, 1.54) is 0 Å². The van der Waals surface area contributed by atoms with E-state index in [4.69, 9.17) is 10.00 Å². The largest absolute Gasteiger partial charge is 0.496 e. The Morgan fingerprint density at radius 3 is 2.80 bits per heavy atom. The topological polar surface area (TPSA) is 45.0 Å². The molecule has 0 spiro atoms. The van der Waals surface area contributed by atoms with Crippen LogP contribution in [-0.2, 0) is 0 Å². The van der Waals surface area contributed by atoms with Crippen molar-refractivity contribution in [1.29, 1.82) is 5.26 Å². The summed E-state index contributed by atoms with van der Waals surface area (Å²) in [5, 5.41) is 11.9. The fourth-order valence-corrected chi connectivity index (χ4v) is 1.72. The van der Waals surface area contributed by atoms with Gasteiger partial charge in [0.15, 0.2) is 0 Å². The molecule has 1 aromatic rings. The van der Waals surface area contributed by atoms with E-state index in [1.807, 2.05) is 25.1 Å². The highest BCUT2D eigenvalue weighted by Crippen LogP contribution is 2.28. The van der Waals surface area contributed by atoms with Gasteiger partial charge in [-0.25, -0.2) is 0 Å². The lowest BCUT2D eigenvalue weighted by atomic mass is 10.2. The predicted octanol–water partition coefficient (Wildman–Crippen LogP) is 3.17. The molecule has 1 aromatic carbocycles. The second-order valence-corrected chi connectivity index (χ2v) is 3.94. The molecule has 1 atom stereocenters. The number of nitrogens with one attached hydrogen (secondary N) is 1. The lowest BCUT2D eigenvalue weighted by molar-refractivity contribution is 0.412. The van der Waals surface area contributed by atoms with Crippen molar-refractivity contribution in [3.8, 4) is 11.8 Å². The van der Waals surface area contributed by atoms with Crippen LogP contribution in [0.25, 0.3) is 0 Å². The fourth-order valence-electron chi connectivity index (χ4n) is 1.18. The molecule has 4 heteroatoms. The van der Waals surface area contributed by atoms with Crippen LogP contribution in [0.4, 0.5) is 5.69 Å². The third kappa shape index (κ3) is 3.14. The summed E-state index contributed by atoms with van der Waals surface area (Å²) < 4.78 is 6.00. The zero-order valence-electron chi connectivity index (χ0n) is 8.75. The van der Waals surface area contributed by atoms with Gasteiger partial charge >= 0.3 is 0 Å². The normalized spacial score (nSPS) is 11.6. The first kappa shape index (κ1) is 11.9. The molecule has 0 fully saturated rings. The lowest BCUT2D eigenvalue weighted by Crippen LogP contribution is -2.15. The molecule has 0 aromatic heterocycles. The summed E-state index contributed by atoms with van der Waals surface area (Å²) >= 11 is 3.39. The second-order valence-electron chi connectivity index (χ2n) is 3.08. The molecule has 0 amide bonds. The van der Waals surface area contributed by atoms with Crippen molar-refractivity contribution in [2.24, 2.45) is 0 Å². The maximum atomic E-state index is 8.81. The fraction of sp³-hybridized carbons (Fsp3) is 0.364. The van der Waals surface area contributed by atoms with Crippen molar-refractivity contribution in [2.45, 2.75) is 19.4 Å². The quantitative estimate of drug-likeness (QED) is 0.913. The number of halogens is 1. The Kier molecular flexibility index (Phi) is 4.44. The molecule has 0 aliphatic rings. The van der Waals surface area contributed by atoms with Crippen LogP contribution in [0, 0.1) is 11.3 Å². The Balaban J connectivity index is 2.80. The Bertz CT molecular complexity index is 373. The number of rotatable bonds is 4. The van der Waals surface area contributed by atoms with Gasteiger partial charge in [0.1, 0.15) is 11.8 Å². The van der Waals surface area contributed by atoms with Gasteiger partial charge < -0.3 is 10.1 Å². The number of nitrogens with zero attached hydrogens (tertiary/aromatic N) is 1. The summed E-state index contributed by atoms with van der Waals surface area (Å²) in [5.74, 6) is 0.783. The standard InChI is InChI=1S/C11H13BrN2O/c1-3-8(7-13)14-9-4-5-11(15-2)10(12)6-9/h4-6,8,14H,3H2,1-2H3. The molecular formula is C11H13BrN2O. The molecule has 1 unspecified atom stereocenters. The van der Waals surface area contributed by atoms with Crippen LogP contribution in [0.2, 0.25) is 0 Å². The van der Waals surface area contributed by atoms with Crippen LogP contribution in [0.3, 0.4) is 0 Å². The van der Waals surface area contributed by atoms with Crippen molar-refractivity contribution in [3.05, 3.63) is 22.7 Å². The summed E-state index contributed by atoms with van der Waals surface area (Å²) in [4.78, 5) is 0. The maximum Gasteiger partial charge on any atom is 0.133 e. The van der Waals surface area contributed by atoms with Gasteiger partial charge in [-0.3, -0.25) is 0 Å². The van der Waals surface area contributed by atoms with Crippen LogP contribution in [0.5, 0.6) is 5.75 Å². The Labute approximate surface area is 98.2 Å². The Morgan fingerprint density at radius 2 is 2.33 bits per heavy atom. The summed E-state index contributed by atoms with van der Waals surface area (Å²) in [6, 6.07) is 7.69. The minimum Gasteiger partial charge on any atom is -0.496 e. The van der Waals surface area contributed by atoms with Crippen molar-refractivity contribution < 1.29 is 4.74 Å². The van der Waals surface area contributed by atoms with Crippen LogP contribution >= 0.6 is 15.9 Å². The molecule has 1 N–H and O–H groups in total. The number of methoxy groups -OCH3 is 1. The Morgan fingerprint density at radius 1 is 1.60 bits per heavy atom. The van der Waals surface area contributed by atoms with Crippen LogP contribution in [0.1, 0.15) is 13.3 Å². The molecule has 0 bridgehead atoms. The highest BCUT2D eigenvalue weighted by atomic mass is 79.9. The van der Waals surface area contributed by atoms with Gasteiger partial charge in [0.25, 0.3) is 0 Å². The summed E-state index contributed by atoms with van der Waals surface area (Å²) in [6.07, 6.45) is 0.778. The molecule has 0 radical (unpaired) electrons. The zero-order valence-corrected chi connectivity index (χ0v) is 10.3. The van der Waals surface area contributed by atoms with E-state index in [0.29, 0.717) is 0 Å². The SMILES string of the molecule is CCC(C#N)Nc1ccc(OC)c(Br)c1. The highest BCUT2D eigenvalue weighted by molar-refractivity contribution is 9.10. The van der Waals surface area contributed by atoms with Crippen molar-refractivity contribution >= 4 is 21.6 Å². The lowest BCUT2D eigenvalue weighted by Gasteiger charge is -2.12. The average molecular weight is 269 g/mol. The maximum absolute atomic E-state index is 8.81. The van der Waals surface area contributed by atoms with Gasteiger partial charge in [-0.1, -0.05) is 6.92 Å². The van der Waals surface area contributed by atoms with Gasteiger partial charge in [0, 0.05) is 5.69 Å². The molecule has 0 aliphatic carbocycles. The molecule has 3 nitrogen and oxygen atoms in total. The first-order valence-electron chi connectivity index (χ1n) is 4.71. The molecule has 0 saturated carbocycles. The van der Waals surface area contributed by atoms with E-state index >= 15 is 0 Å². The number of hydrogen-bond acceptors (Lipinski definition) is 3. The second kappa shape index (κ2) is 5.62. The van der Waals surface area contributed by atoms with Crippen molar-refractivity contribution in [3.63, 3.8) is 0 Å². The van der Waals surface area contributed by atoms with E-state index in [1.54, 1.807) is 7.11 Å². The van der Waals surface area contributed by atoms with Gasteiger partial charge in [-0.15, -0.1) is 0 Å². The van der Waals surface area contributed by atoms with Crippen molar-refractivity contribution in [1.82, 2.24) is 0 Å². The van der Waals surface area contributed by atoms with E-state index < -0.39 is 0 Å². The smallest absolute Gasteiger partial charge is 0.133 e. The monoisotopic (exact) mass is 268 g/mol. The van der Waals surface area contributed by atoms with E-state index in [2.05, 4.69) is 27.3 Å². The van der Waals surface area contributed by atoms with Crippen molar-refractivity contribution in [2.75, 3.05) is 12.4 Å². The summed E-state index contributed by atoms with van der Waals surface area (Å²) in [7, 11) is 1.62. The molecule has 0 aliphatic heterocycles. The Hall–Kier alpha value is -1.21. The van der Waals surface area contributed by atoms with E-state index in [0.717, 1.165) is 22.3 Å². The van der Waals surface area contributed by atoms with E-state index in [9.17, 15) is 0 Å². The minimum absolute atomic E-state index is 0.148. The molecule has 0 heterocycles. The third-order valence-corrected chi connectivity index (χ3v) is 2.68. The van der Waals surface area contributed by atoms with Crippen LogP contribution in [0.15, 0.2) is 22.7 Å². The average Bonchev–Trinajstić information content (AvgIpc) is 2.26. The van der Waals surface area contributed by atoms with Gasteiger partial charge in [0.2, 0.25) is 0 Å². The first-order valence-corrected chi connectivity index (χ1v) is 5.50. The third-order valence-electron chi connectivity index (χ3n) is 2.06. The number of hydrogen-bond donors (Lipinski definition) is 1. The molecule has 0 saturated heterocycles. The summed E-state index contributed by atoms with van der Waals surface area (Å²) in [5.41, 5.74) is 0.913. The predicted molar refractivity (Wildman–Crippen MR) is 64.0 cm³/mol. The van der Waals surface area contributed by atoms with Crippen LogP contribution < -0.4 is 10.1 Å². The van der Waals surface area contributed by atoms with Gasteiger partial charge in [0.05, 0.1) is 17.7 Å². The molecular weight excluding hydrogens is 256 g/mol. The molecule has 1 rings (SSSR count). The molecule has 15 heavy (non-hydrogen) atoms. The van der Waals surface area contributed by atoms with Gasteiger partial charge in [-0.2, -0.15) is 5.26 Å². The number of benzene rings is 1. The number of ether oxygens (including phenoxy) is 1. The zero-order chi connectivity index (χ0) is 11.3. The molecule has 80 valence electrons. The highest BCUT2D eigenvalue weighted by Gasteiger charge is 2.05. The van der Waals surface area contributed by atoms with Gasteiger partial charge in [-0.05, 0) is 40.5 Å². The first-order chi connectivity index (χ1) is 7.21. The van der Waals surface area contributed by atoms with Crippen LogP contribution in [-0.4, -0.2) is 13.2 Å². The number of anilines is 1.